The van der Waals surface area contributed by atoms with E-state index in [0.717, 1.165) is 11.1 Å². The van der Waals surface area contributed by atoms with E-state index in [1.807, 2.05) is 6.92 Å². The predicted molar refractivity (Wildman–Crippen MR) is 89.2 cm³/mol. The molecule has 0 fully saturated rings. The Morgan fingerprint density at radius 1 is 1.08 bits per heavy atom. The topological polar surface area (TPSA) is 95.7 Å². The second-order valence-electron chi connectivity index (χ2n) is 5.20. The molecule has 0 saturated carbocycles. The fourth-order valence-electron chi connectivity index (χ4n) is 2.03. The average Bonchev–Trinajstić information content (AvgIpc) is 2.54. The number of rotatable bonds is 8. The summed E-state index contributed by atoms with van der Waals surface area (Å²) < 4.78 is 34.6. The molecular formula is C17H19NO5S. The lowest BCUT2D eigenvalue weighted by molar-refractivity contribution is -0.119. The van der Waals surface area contributed by atoms with Crippen LogP contribution in [0.25, 0.3) is 0 Å². The molecule has 0 heterocycles. The Hall–Kier alpha value is -2.38. The van der Waals surface area contributed by atoms with Gasteiger partial charge in [-0.1, -0.05) is 35.9 Å². The van der Waals surface area contributed by atoms with Gasteiger partial charge < -0.3 is 10.5 Å². The molecule has 0 bridgehead atoms. The molecule has 2 rings (SSSR count). The number of primary amides is 1. The van der Waals surface area contributed by atoms with E-state index in [1.54, 1.807) is 36.4 Å². The SMILES string of the molecule is Cc1ccc(S(=O)(=O)OCCc2ccccc2OCC(N)=O)cc1. The summed E-state index contributed by atoms with van der Waals surface area (Å²) in [6.45, 7) is 1.60. The molecule has 0 spiro atoms. The van der Waals surface area contributed by atoms with Gasteiger partial charge in [0.25, 0.3) is 16.0 Å². The third-order valence-electron chi connectivity index (χ3n) is 3.26. The normalized spacial score (nSPS) is 11.2. The molecular weight excluding hydrogens is 330 g/mol. The summed E-state index contributed by atoms with van der Waals surface area (Å²) in [5, 5.41) is 0. The summed E-state index contributed by atoms with van der Waals surface area (Å²) in [5.41, 5.74) is 6.76. The van der Waals surface area contributed by atoms with Crippen LogP contribution in [0.3, 0.4) is 0 Å². The van der Waals surface area contributed by atoms with E-state index in [2.05, 4.69) is 0 Å². The van der Waals surface area contributed by atoms with Crippen LogP contribution >= 0.6 is 0 Å². The first kappa shape index (κ1) is 18.0. The van der Waals surface area contributed by atoms with Crippen molar-refractivity contribution in [2.75, 3.05) is 13.2 Å². The Bertz CT molecular complexity index is 800. The molecule has 128 valence electrons. The summed E-state index contributed by atoms with van der Waals surface area (Å²) in [4.78, 5) is 10.9. The van der Waals surface area contributed by atoms with Crippen molar-refractivity contribution in [3.63, 3.8) is 0 Å². The number of para-hydroxylation sites is 1. The zero-order chi connectivity index (χ0) is 17.6. The maximum atomic E-state index is 12.1. The number of hydrogen-bond acceptors (Lipinski definition) is 5. The maximum Gasteiger partial charge on any atom is 0.296 e. The molecule has 0 saturated heterocycles. The first-order valence-electron chi connectivity index (χ1n) is 7.33. The molecule has 24 heavy (non-hydrogen) atoms. The van der Waals surface area contributed by atoms with E-state index in [9.17, 15) is 13.2 Å². The van der Waals surface area contributed by atoms with Gasteiger partial charge in [0.2, 0.25) is 0 Å². The summed E-state index contributed by atoms with van der Waals surface area (Å²) in [6, 6.07) is 13.4. The van der Waals surface area contributed by atoms with Gasteiger partial charge in [-0.25, -0.2) is 0 Å². The van der Waals surface area contributed by atoms with Crippen molar-refractivity contribution in [3.05, 3.63) is 59.7 Å². The molecule has 0 atom stereocenters. The summed E-state index contributed by atoms with van der Waals surface area (Å²) in [5.74, 6) is -0.101. The zero-order valence-corrected chi connectivity index (χ0v) is 14.1. The molecule has 0 radical (unpaired) electrons. The van der Waals surface area contributed by atoms with Crippen LogP contribution in [0.5, 0.6) is 5.75 Å². The highest BCUT2D eigenvalue weighted by atomic mass is 32.2. The molecule has 0 aliphatic heterocycles. The number of carbonyl (C=O) groups is 1. The largest absolute Gasteiger partial charge is 0.484 e. The van der Waals surface area contributed by atoms with Gasteiger partial charge in [-0.3, -0.25) is 8.98 Å². The second kappa shape index (κ2) is 7.94. The molecule has 7 heteroatoms. The van der Waals surface area contributed by atoms with Gasteiger partial charge >= 0.3 is 0 Å². The van der Waals surface area contributed by atoms with Crippen LogP contribution < -0.4 is 10.5 Å². The number of benzene rings is 2. The highest BCUT2D eigenvalue weighted by Gasteiger charge is 2.15. The molecule has 0 unspecified atom stereocenters. The van der Waals surface area contributed by atoms with Gasteiger partial charge in [-0.15, -0.1) is 0 Å². The van der Waals surface area contributed by atoms with E-state index >= 15 is 0 Å². The van der Waals surface area contributed by atoms with Crippen LogP contribution in [0.4, 0.5) is 0 Å². The van der Waals surface area contributed by atoms with Gasteiger partial charge in [0.15, 0.2) is 6.61 Å². The Balaban J connectivity index is 1.99. The van der Waals surface area contributed by atoms with Crippen LogP contribution in [-0.4, -0.2) is 27.5 Å². The maximum absolute atomic E-state index is 12.1. The Labute approximate surface area is 141 Å². The van der Waals surface area contributed by atoms with Gasteiger partial charge in [0.1, 0.15) is 5.75 Å². The number of nitrogens with two attached hydrogens (primary N) is 1. The molecule has 0 aromatic heterocycles. The first-order valence-corrected chi connectivity index (χ1v) is 8.74. The van der Waals surface area contributed by atoms with Gasteiger partial charge in [-0.2, -0.15) is 8.42 Å². The summed E-state index contributed by atoms with van der Waals surface area (Å²) in [7, 11) is -3.80. The molecule has 6 nitrogen and oxygen atoms in total. The van der Waals surface area contributed by atoms with Crippen molar-refractivity contribution in [3.8, 4) is 5.75 Å². The third-order valence-corrected chi connectivity index (χ3v) is 4.59. The van der Waals surface area contributed by atoms with Crippen LogP contribution in [0, 0.1) is 6.92 Å². The fourth-order valence-corrected chi connectivity index (χ4v) is 2.94. The van der Waals surface area contributed by atoms with E-state index in [4.69, 9.17) is 14.7 Å². The zero-order valence-electron chi connectivity index (χ0n) is 13.3. The molecule has 2 aromatic rings. The summed E-state index contributed by atoms with van der Waals surface area (Å²) in [6.07, 6.45) is 0.319. The van der Waals surface area contributed by atoms with E-state index < -0.39 is 16.0 Å². The van der Waals surface area contributed by atoms with Crippen LogP contribution in [0.15, 0.2) is 53.4 Å². The average molecular weight is 349 g/mol. The van der Waals surface area contributed by atoms with E-state index in [0.29, 0.717) is 12.2 Å². The Kier molecular flexibility index (Phi) is 5.94. The molecule has 0 aliphatic carbocycles. The Morgan fingerprint density at radius 3 is 2.42 bits per heavy atom. The predicted octanol–water partition coefficient (Wildman–Crippen LogP) is 1.81. The van der Waals surface area contributed by atoms with Crippen LogP contribution in [-0.2, 0) is 25.5 Å². The van der Waals surface area contributed by atoms with Gasteiger partial charge in [0.05, 0.1) is 11.5 Å². The number of carbonyl (C=O) groups excluding carboxylic acids is 1. The van der Waals surface area contributed by atoms with Crippen molar-refractivity contribution in [2.45, 2.75) is 18.2 Å². The lowest BCUT2D eigenvalue weighted by Gasteiger charge is -2.10. The first-order chi connectivity index (χ1) is 11.4. The highest BCUT2D eigenvalue weighted by molar-refractivity contribution is 7.86. The highest BCUT2D eigenvalue weighted by Crippen LogP contribution is 2.20. The number of hydrogen-bond donors (Lipinski definition) is 1. The smallest absolute Gasteiger partial charge is 0.296 e. The van der Waals surface area contributed by atoms with Crippen LogP contribution in [0.1, 0.15) is 11.1 Å². The van der Waals surface area contributed by atoms with Crippen molar-refractivity contribution < 1.29 is 22.1 Å². The molecule has 1 amide bonds. The van der Waals surface area contributed by atoms with E-state index in [1.165, 1.54) is 12.1 Å². The molecule has 2 aromatic carbocycles. The van der Waals surface area contributed by atoms with E-state index in [-0.39, 0.29) is 18.1 Å². The van der Waals surface area contributed by atoms with Crippen molar-refractivity contribution in [1.82, 2.24) is 0 Å². The minimum Gasteiger partial charge on any atom is -0.484 e. The Morgan fingerprint density at radius 2 is 1.75 bits per heavy atom. The molecule has 2 N–H and O–H groups in total. The fraction of sp³-hybridized carbons (Fsp3) is 0.235. The monoisotopic (exact) mass is 349 g/mol. The number of aryl methyl sites for hydroxylation is 1. The van der Waals surface area contributed by atoms with Crippen molar-refractivity contribution in [2.24, 2.45) is 5.73 Å². The van der Waals surface area contributed by atoms with Gasteiger partial charge in [0, 0.05) is 6.42 Å². The minimum atomic E-state index is -3.80. The van der Waals surface area contributed by atoms with Crippen LogP contribution in [0.2, 0.25) is 0 Å². The van der Waals surface area contributed by atoms with Crippen molar-refractivity contribution >= 4 is 16.0 Å². The van der Waals surface area contributed by atoms with Crippen molar-refractivity contribution in [1.29, 1.82) is 0 Å². The summed E-state index contributed by atoms with van der Waals surface area (Å²) >= 11 is 0. The standard InChI is InChI=1S/C17H19NO5S/c1-13-6-8-15(9-7-13)24(20,21)23-11-10-14-4-2-3-5-16(14)22-12-17(18)19/h2-9H,10-12H2,1H3,(H2,18,19). The van der Waals surface area contributed by atoms with Gasteiger partial charge in [-0.05, 0) is 30.7 Å². The lowest BCUT2D eigenvalue weighted by atomic mass is 10.1. The minimum absolute atomic E-state index is 0.0346. The number of ether oxygens (including phenoxy) is 1. The quantitative estimate of drug-likeness (QED) is 0.733. The third kappa shape index (κ3) is 5.07. The number of amides is 1. The molecule has 0 aliphatic rings. The second-order valence-corrected chi connectivity index (χ2v) is 6.82. The lowest BCUT2D eigenvalue weighted by Crippen LogP contribution is -2.20.